The number of ether oxygens (including phenoxy) is 1. The first-order valence-corrected chi connectivity index (χ1v) is 9.43. The third-order valence-corrected chi connectivity index (χ3v) is 4.43. The third-order valence-electron chi connectivity index (χ3n) is 4.43. The number of hydrogen-bond donors (Lipinski definition) is 0. The van der Waals surface area contributed by atoms with Crippen LogP contribution in [0.4, 0.5) is 5.69 Å². The lowest BCUT2D eigenvalue weighted by atomic mass is 9.99. The number of azo groups is 1. The van der Waals surface area contributed by atoms with E-state index >= 15 is 0 Å². The Morgan fingerprint density at radius 3 is 2.13 bits per heavy atom. The molecule has 1 heterocycles. The summed E-state index contributed by atoms with van der Waals surface area (Å²) < 4.78 is 11.3. The summed E-state index contributed by atoms with van der Waals surface area (Å²) in [6, 6.07) is 29.6. The van der Waals surface area contributed by atoms with Gasteiger partial charge in [0.25, 0.3) is 5.72 Å². The molecule has 1 atom stereocenters. The number of benzene rings is 3. The number of nitrogens with zero attached hydrogens (tertiary/aromatic N) is 3. The van der Waals surface area contributed by atoms with Crippen LogP contribution in [-0.4, -0.2) is 11.1 Å². The average molecular weight is 397 g/mol. The molecule has 0 aliphatic rings. The molecular weight excluding hydrogens is 378 g/mol. The molecule has 0 amide bonds. The standard InChI is InChI=1S/C24H19N3O3/c1-18(28)29-24(20-13-7-3-8-14-20,27-25-21-15-9-4-10-16-21)23-17-22(30-26-23)19-11-5-2-6-12-19/h2-17H,1H3. The van der Waals surface area contributed by atoms with Crippen LogP contribution in [0.15, 0.2) is 112 Å². The van der Waals surface area contributed by atoms with E-state index in [1.54, 1.807) is 6.07 Å². The molecule has 0 bridgehead atoms. The quantitative estimate of drug-likeness (QED) is 0.300. The number of aromatic nitrogens is 1. The molecule has 0 saturated heterocycles. The minimum absolute atomic E-state index is 0.322. The molecule has 3 aromatic carbocycles. The van der Waals surface area contributed by atoms with Gasteiger partial charge in [0, 0.05) is 24.1 Å². The van der Waals surface area contributed by atoms with Gasteiger partial charge in [-0.1, -0.05) is 84.0 Å². The van der Waals surface area contributed by atoms with E-state index in [1.807, 2.05) is 91.0 Å². The molecule has 0 aliphatic heterocycles. The molecule has 148 valence electrons. The first kappa shape index (κ1) is 19.3. The maximum atomic E-state index is 12.1. The van der Waals surface area contributed by atoms with Gasteiger partial charge in [0.15, 0.2) is 11.5 Å². The molecule has 0 radical (unpaired) electrons. The summed E-state index contributed by atoms with van der Waals surface area (Å²) in [5.74, 6) is 0.0168. The van der Waals surface area contributed by atoms with Crippen LogP contribution in [0.5, 0.6) is 0 Å². The summed E-state index contributed by atoms with van der Waals surface area (Å²) in [6.45, 7) is 1.33. The number of carbonyl (C=O) groups excluding carboxylic acids is 1. The van der Waals surface area contributed by atoms with Gasteiger partial charge in [-0.2, -0.15) is 5.11 Å². The maximum Gasteiger partial charge on any atom is 0.305 e. The Kier molecular flexibility index (Phi) is 5.48. The van der Waals surface area contributed by atoms with Crippen molar-refractivity contribution in [2.75, 3.05) is 0 Å². The normalized spacial score (nSPS) is 13.1. The molecule has 30 heavy (non-hydrogen) atoms. The summed E-state index contributed by atoms with van der Waals surface area (Å²) in [6.07, 6.45) is 0. The predicted octanol–water partition coefficient (Wildman–Crippen LogP) is 5.89. The topological polar surface area (TPSA) is 77.0 Å². The third kappa shape index (κ3) is 4.03. The van der Waals surface area contributed by atoms with E-state index in [0.717, 1.165) is 5.56 Å². The van der Waals surface area contributed by atoms with Gasteiger partial charge in [-0.25, -0.2) is 0 Å². The fourth-order valence-corrected chi connectivity index (χ4v) is 3.06. The van der Waals surface area contributed by atoms with Crippen LogP contribution in [0.2, 0.25) is 0 Å². The Bertz CT molecular complexity index is 1140. The van der Waals surface area contributed by atoms with E-state index in [2.05, 4.69) is 15.4 Å². The molecule has 0 saturated carbocycles. The van der Waals surface area contributed by atoms with Crippen LogP contribution in [0.3, 0.4) is 0 Å². The SMILES string of the molecule is CC(=O)OC(N=Nc1ccccc1)(c1ccccc1)c1cc(-c2ccccc2)on1. The van der Waals surface area contributed by atoms with Gasteiger partial charge in [0.1, 0.15) is 0 Å². The molecular formula is C24H19N3O3. The molecule has 0 spiro atoms. The Morgan fingerprint density at radius 2 is 1.50 bits per heavy atom. The second-order valence-electron chi connectivity index (χ2n) is 6.58. The first-order valence-electron chi connectivity index (χ1n) is 9.43. The summed E-state index contributed by atoms with van der Waals surface area (Å²) in [4.78, 5) is 12.1. The predicted molar refractivity (Wildman–Crippen MR) is 112 cm³/mol. The number of carbonyl (C=O) groups is 1. The highest BCUT2D eigenvalue weighted by Crippen LogP contribution is 2.38. The minimum atomic E-state index is -1.58. The monoisotopic (exact) mass is 397 g/mol. The van der Waals surface area contributed by atoms with Crippen LogP contribution in [0.25, 0.3) is 11.3 Å². The molecule has 0 N–H and O–H groups in total. The van der Waals surface area contributed by atoms with Gasteiger partial charge in [-0.3, -0.25) is 4.79 Å². The molecule has 1 unspecified atom stereocenters. The highest BCUT2D eigenvalue weighted by molar-refractivity contribution is 5.68. The lowest BCUT2D eigenvalue weighted by Gasteiger charge is -2.26. The van der Waals surface area contributed by atoms with Crippen LogP contribution in [-0.2, 0) is 15.3 Å². The molecule has 6 nitrogen and oxygen atoms in total. The van der Waals surface area contributed by atoms with E-state index in [4.69, 9.17) is 9.26 Å². The number of esters is 1. The van der Waals surface area contributed by atoms with Crippen molar-refractivity contribution in [2.45, 2.75) is 12.6 Å². The van der Waals surface area contributed by atoms with Crippen molar-refractivity contribution in [1.29, 1.82) is 0 Å². The molecule has 6 heteroatoms. The van der Waals surface area contributed by atoms with E-state index < -0.39 is 11.7 Å². The zero-order valence-electron chi connectivity index (χ0n) is 16.3. The van der Waals surface area contributed by atoms with Crippen molar-refractivity contribution in [3.63, 3.8) is 0 Å². The molecule has 1 aromatic heterocycles. The van der Waals surface area contributed by atoms with Crippen molar-refractivity contribution in [3.05, 3.63) is 108 Å². The van der Waals surface area contributed by atoms with Gasteiger partial charge < -0.3 is 9.26 Å². The van der Waals surface area contributed by atoms with Crippen molar-refractivity contribution in [3.8, 4) is 11.3 Å². The Balaban J connectivity index is 1.87. The van der Waals surface area contributed by atoms with Crippen molar-refractivity contribution < 1.29 is 14.1 Å². The van der Waals surface area contributed by atoms with Gasteiger partial charge in [-0.15, -0.1) is 5.11 Å². The van der Waals surface area contributed by atoms with E-state index in [1.165, 1.54) is 6.92 Å². The van der Waals surface area contributed by atoms with Crippen molar-refractivity contribution >= 4 is 11.7 Å². The zero-order valence-corrected chi connectivity index (χ0v) is 16.3. The Labute approximate surface area is 173 Å². The highest BCUT2D eigenvalue weighted by Gasteiger charge is 2.42. The van der Waals surface area contributed by atoms with Crippen LogP contribution < -0.4 is 0 Å². The molecule has 4 rings (SSSR count). The molecule has 0 fully saturated rings. The molecule has 0 aliphatic carbocycles. The van der Waals surface area contributed by atoms with Crippen LogP contribution >= 0.6 is 0 Å². The fraction of sp³-hybridized carbons (Fsp3) is 0.0833. The van der Waals surface area contributed by atoms with E-state index in [-0.39, 0.29) is 0 Å². The number of hydrogen-bond acceptors (Lipinski definition) is 6. The van der Waals surface area contributed by atoms with Gasteiger partial charge in [0.2, 0.25) is 0 Å². The summed E-state index contributed by atoms with van der Waals surface area (Å²) in [7, 11) is 0. The van der Waals surface area contributed by atoms with Crippen LogP contribution in [0.1, 0.15) is 18.2 Å². The minimum Gasteiger partial charge on any atom is -0.425 e. The molecule has 4 aromatic rings. The summed E-state index contributed by atoms with van der Waals surface area (Å²) in [5, 5.41) is 13.0. The lowest BCUT2D eigenvalue weighted by molar-refractivity contribution is -0.154. The highest BCUT2D eigenvalue weighted by atomic mass is 16.6. The fourth-order valence-electron chi connectivity index (χ4n) is 3.06. The maximum absolute atomic E-state index is 12.1. The smallest absolute Gasteiger partial charge is 0.305 e. The first-order chi connectivity index (χ1) is 14.7. The van der Waals surface area contributed by atoms with Crippen LogP contribution in [0, 0.1) is 0 Å². The summed E-state index contributed by atoms with van der Waals surface area (Å²) in [5.41, 5.74) is 0.812. The zero-order chi connectivity index (χ0) is 20.8. The summed E-state index contributed by atoms with van der Waals surface area (Å²) >= 11 is 0. The largest absolute Gasteiger partial charge is 0.425 e. The van der Waals surface area contributed by atoms with Gasteiger partial charge in [-0.05, 0) is 12.1 Å². The number of rotatable bonds is 6. The van der Waals surface area contributed by atoms with E-state index in [0.29, 0.717) is 22.7 Å². The Hall–Kier alpha value is -4.06. The van der Waals surface area contributed by atoms with Crippen molar-refractivity contribution in [2.24, 2.45) is 10.2 Å². The van der Waals surface area contributed by atoms with Crippen molar-refractivity contribution in [1.82, 2.24) is 5.16 Å². The van der Waals surface area contributed by atoms with Gasteiger partial charge >= 0.3 is 5.97 Å². The van der Waals surface area contributed by atoms with E-state index in [9.17, 15) is 4.79 Å². The lowest BCUT2D eigenvalue weighted by Crippen LogP contribution is -2.31. The second-order valence-corrected chi connectivity index (χ2v) is 6.58. The second kappa shape index (κ2) is 8.53. The van der Waals surface area contributed by atoms with Gasteiger partial charge in [0.05, 0.1) is 5.69 Å². The Morgan fingerprint density at radius 1 is 0.900 bits per heavy atom. The average Bonchev–Trinajstić information content (AvgIpc) is 3.29.